The lowest BCUT2D eigenvalue weighted by atomic mass is 9.95. The van der Waals surface area contributed by atoms with Gasteiger partial charge in [0.25, 0.3) is 0 Å². The molecule has 0 saturated carbocycles. The number of fused-ring (bicyclic) bond motifs is 2. The first kappa shape index (κ1) is 19.1. The van der Waals surface area contributed by atoms with Crippen LogP contribution < -0.4 is 5.32 Å². The van der Waals surface area contributed by atoms with Crippen LogP contribution in [0.2, 0.25) is 0 Å². The molecule has 0 spiro atoms. The first-order valence-corrected chi connectivity index (χ1v) is 10.7. The summed E-state index contributed by atoms with van der Waals surface area (Å²) in [6, 6.07) is 22.1. The standard InChI is InChI=1S/C25H31N3/c1-2-3-8-15-28(18-23-14-13-20-9-6-7-12-25(20)27-23)19-24-16-21-10-4-5-11-22(21)17-26-24/h4-7,9-14,24,26H,2-3,8,15-19H2,1H3/t24-/m1/s1. The Morgan fingerprint density at radius 3 is 2.68 bits per heavy atom. The van der Waals surface area contributed by atoms with Gasteiger partial charge in [-0.2, -0.15) is 0 Å². The minimum atomic E-state index is 0.511. The number of hydrogen-bond acceptors (Lipinski definition) is 3. The fourth-order valence-electron chi connectivity index (χ4n) is 4.21. The Balaban J connectivity index is 1.45. The maximum atomic E-state index is 4.91. The van der Waals surface area contributed by atoms with Crippen LogP contribution in [0.1, 0.15) is 43.0 Å². The van der Waals surface area contributed by atoms with E-state index in [4.69, 9.17) is 4.98 Å². The molecule has 1 aliphatic rings. The zero-order chi connectivity index (χ0) is 19.2. The topological polar surface area (TPSA) is 28.2 Å². The van der Waals surface area contributed by atoms with Crippen molar-refractivity contribution in [3.05, 3.63) is 77.5 Å². The van der Waals surface area contributed by atoms with Crippen LogP contribution in [0.5, 0.6) is 0 Å². The van der Waals surface area contributed by atoms with Crippen LogP contribution in [0.3, 0.4) is 0 Å². The van der Waals surface area contributed by atoms with Crippen molar-refractivity contribution < 1.29 is 0 Å². The Hall–Kier alpha value is -2.23. The monoisotopic (exact) mass is 373 g/mol. The first-order valence-electron chi connectivity index (χ1n) is 10.7. The highest BCUT2D eigenvalue weighted by Gasteiger charge is 2.20. The van der Waals surface area contributed by atoms with Crippen molar-refractivity contribution in [1.82, 2.24) is 15.2 Å². The summed E-state index contributed by atoms with van der Waals surface area (Å²) in [6.07, 6.45) is 4.93. The summed E-state index contributed by atoms with van der Waals surface area (Å²) in [5, 5.41) is 4.97. The molecule has 2 aromatic carbocycles. The zero-order valence-corrected chi connectivity index (χ0v) is 16.9. The summed E-state index contributed by atoms with van der Waals surface area (Å²) >= 11 is 0. The van der Waals surface area contributed by atoms with Gasteiger partial charge in [-0.05, 0) is 42.6 Å². The van der Waals surface area contributed by atoms with E-state index in [1.54, 1.807) is 0 Å². The number of hydrogen-bond donors (Lipinski definition) is 1. The Morgan fingerprint density at radius 1 is 0.964 bits per heavy atom. The van der Waals surface area contributed by atoms with E-state index in [1.807, 2.05) is 0 Å². The Kier molecular flexibility index (Phi) is 6.35. The fourth-order valence-corrected chi connectivity index (χ4v) is 4.21. The number of para-hydroxylation sites is 1. The van der Waals surface area contributed by atoms with Crippen LogP contribution in [0.15, 0.2) is 60.7 Å². The Bertz CT molecular complexity index is 905. The van der Waals surface area contributed by atoms with Gasteiger partial charge in [0.15, 0.2) is 0 Å². The SMILES string of the molecule is CCCCCN(Cc1ccc2ccccc2n1)C[C@H]1Cc2ccccc2CN1. The molecule has 4 rings (SSSR count). The summed E-state index contributed by atoms with van der Waals surface area (Å²) in [6.45, 7) is 6.40. The molecule has 3 nitrogen and oxygen atoms in total. The molecule has 0 aliphatic carbocycles. The van der Waals surface area contributed by atoms with Crippen molar-refractivity contribution >= 4 is 10.9 Å². The van der Waals surface area contributed by atoms with E-state index in [-0.39, 0.29) is 0 Å². The second-order valence-electron chi connectivity index (χ2n) is 7.99. The van der Waals surface area contributed by atoms with E-state index in [0.29, 0.717) is 6.04 Å². The predicted molar refractivity (Wildman–Crippen MR) is 117 cm³/mol. The number of aromatic nitrogens is 1. The molecule has 0 fully saturated rings. The number of benzene rings is 2. The summed E-state index contributed by atoms with van der Waals surface area (Å²) in [4.78, 5) is 7.51. The smallest absolute Gasteiger partial charge is 0.0705 e. The maximum Gasteiger partial charge on any atom is 0.0705 e. The van der Waals surface area contributed by atoms with Gasteiger partial charge in [-0.1, -0.05) is 68.3 Å². The van der Waals surface area contributed by atoms with E-state index >= 15 is 0 Å². The van der Waals surface area contributed by atoms with Gasteiger partial charge in [-0.3, -0.25) is 9.88 Å². The van der Waals surface area contributed by atoms with Gasteiger partial charge in [-0.15, -0.1) is 0 Å². The van der Waals surface area contributed by atoms with Crippen LogP contribution in [0.25, 0.3) is 10.9 Å². The van der Waals surface area contributed by atoms with Gasteiger partial charge >= 0.3 is 0 Å². The van der Waals surface area contributed by atoms with Crippen LogP contribution in [0, 0.1) is 0 Å². The number of unbranched alkanes of at least 4 members (excludes halogenated alkanes) is 2. The molecule has 0 bridgehead atoms. The number of rotatable bonds is 8. The third kappa shape index (κ3) is 4.78. The van der Waals surface area contributed by atoms with Crippen molar-refractivity contribution in [2.45, 2.75) is 51.7 Å². The van der Waals surface area contributed by atoms with E-state index in [0.717, 1.165) is 38.1 Å². The normalized spacial score (nSPS) is 16.4. The summed E-state index contributed by atoms with van der Waals surface area (Å²) < 4.78 is 0. The molecule has 0 saturated heterocycles. The first-order chi connectivity index (χ1) is 13.8. The average Bonchev–Trinajstić information content (AvgIpc) is 2.74. The minimum absolute atomic E-state index is 0.511. The summed E-state index contributed by atoms with van der Waals surface area (Å²) in [5.74, 6) is 0. The third-order valence-electron chi connectivity index (χ3n) is 5.76. The number of nitrogens with zero attached hydrogens (tertiary/aromatic N) is 2. The lowest BCUT2D eigenvalue weighted by molar-refractivity contribution is 0.222. The van der Waals surface area contributed by atoms with Crippen LogP contribution >= 0.6 is 0 Å². The summed E-state index contributed by atoms with van der Waals surface area (Å²) in [7, 11) is 0. The zero-order valence-electron chi connectivity index (χ0n) is 16.9. The molecule has 0 unspecified atom stereocenters. The highest BCUT2D eigenvalue weighted by atomic mass is 15.2. The van der Waals surface area contributed by atoms with Crippen LogP contribution in [-0.2, 0) is 19.5 Å². The lowest BCUT2D eigenvalue weighted by Gasteiger charge is -2.31. The second kappa shape index (κ2) is 9.31. The van der Waals surface area contributed by atoms with Gasteiger partial charge in [0.1, 0.15) is 0 Å². The lowest BCUT2D eigenvalue weighted by Crippen LogP contribution is -2.44. The highest BCUT2D eigenvalue weighted by Crippen LogP contribution is 2.18. The van der Waals surface area contributed by atoms with Gasteiger partial charge in [0, 0.05) is 31.1 Å². The molecule has 0 amide bonds. The third-order valence-corrected chi connectivity index (χ3v) is 5.76. The molecular formula is C25H31N3. The molecule has 1 aliphatic heterocycles. The van der Waals surface area contributed by atoms with Gasteiger partial charge < -0.3 is 5.32 Å². The highest BCUT2D eigenvalue weighted by molar-refractivity contribution is 5.78. The quantitative estimate of drug-likeness (QED) is 0.567. The number of pyridine rings is 1. The largest absolute Gasteiger partial charge is 0.308 e. The molecule has 3 aromatic rings. The summed E-state index contributed by atoms with van der Waals surface area (Å²) in [5.41, 5.74) is 5.22. The molecule has 146 valence electrons. The van der Waals surface area contributed by atoms with Crippen molar-refractivity contribution in [2.24, 2.45) is 0 Å². The molecule has 1 N–H and O–H groups in total. The van der Waals surface area contributed by atoms with Crippen LogP contribution in [0.4, 0.5) is 0 Å². The van der Waals surface area contributed by atoms with Crippen molar-refractivity contribution in [2.75, 3.05) is 13.1 Å². The Labute approximate surface area is 168 Å². The second-order valence-corrected chi connectivity index (χ2v) is 7.99. The van der Waals surface area contributed by atoms with E-state index < -0.39 is 0 Å². The maximum absolute atomic E-state index is 4.91. The molecule has 2 heterocycles. The Morgan fingerprint density at radius 2 is 1.79 bits per heavy atom. The van der Waals surface area contributed by atoms with E-state index in [1.165, 1.54) is 41.5 Å². The molecule has 3 heteroatoms. The molecule has 0 radical (unpaired) electrons. The molecular weight excluding hydrogens is 342 g/mol. The number of nitrogens with one attached hydrogen (secondary N) is 1. The average molecular weight is 374 g/mol. The van der Waals surface area contributed by atoms with Crippen molar-refractivity contribution in [1.29, 1.82) is 0 Å². The minimum Gasteiger partial charge on any atom is -0.308 e. The van der Waals surface area contributed by atoms with Gasteiger partial charge in [0.2, 0.25) is 0 Å². The van der Waals surface area contributed by atoms with Gasteiger partial charge in [0.05, 0.1) is 11.2 Å². The van der Waals surface area contributed by atoms with E-state index in [9.17, 15) is 0 Å². The molecule has 1 atom stereocenters. The van der Waals surface area contributed by atoms with Crippen molar-refractivity contribution in [3.63, 3.8) is 0 Å². The van der Waals surface area contributed by atoms with Crippen LogP contribution in [-0.4, -0.2) is 29.0 Å². The molecule has 1 aromatic heterocycles. The van der Waals surface area contributed by atoms with Gasteiger partial charge in [-0.25, -0.2) is 0 Å². The van der Waals surface area contributed by atoms with E-state index in [2.05, 4.69) is 77.8 Å². The molecule has 28 heavy (non-hydrogen) atoms. The van der Waals surface area contributed by atoms with Crippen molar-refractivity contribution in [3.8, 4) is 0 Å². The fraction of sp³-hybridized carbons (Fsp3) is 0.400. The predicted octanol–water partition coefficient (Wildman–Crippen LogP) is 4.94.